The molecule has 0 unspecified atom stereocenters. The van der Waals surface area contributed by atoms with Crippen LogP contribution in [0.1, 0.15) is 64.0 Å². The van der Waals surface area contributed by atoms with Gasteiger partial charge in [-0.1, -0.05) is 35.3 Å². The summed E-state index contributed by atoms with van der Waals surface area (Å²) < 4.78 is 52.1. The van der Waals surface area contributed by atoms with Gasteiger partial charge < -0.3 is 58.2 Å². The van der Waals surface area contributed by atoms with Gasteiger partial charge in [-0.3, -0.25) is 9.59 Å². The second-order valence-corrected chi connectivity index (χ2v) is 18.4. The number of methoxy groups -OCH3 is 1. The second-order valence-electron chi connectivity index (χ2n) is 17.6. The number of benzene rings is 3. The van der Waals surface area contributed by atoms with Crippen LogP contribution < -0.4 is 20.1 Å². The van der Waals surface area contributed by atoms with E-state index in [1.807, 2.05) is 77.9 Å². The molecular weight excluding hydrogens is 921 g/mol. The number of alkyl carbamates (subject to hydrolysis) is 1. The van der Waals surface area contributed by atoms with Crippen LogP contribution in [0.3, 0.4) is 0 Å². The maximum Gasteiger partial charge on any atom is 0.407 e. The number of hydrogen-bond acceptors (Lipinski definition) is 13. The van der Waals surface area contributed by atoms with Crippen LogP contribution in [0.4, 0.5) is 10.5 Å². The number of nitrogens with one attached hydrogen (secondary N) is 2. The van der Waals surface area contributed by atoms with Crippen LogP contribution in [-0.4, -0.2) is 144 Å². The molecule has 0 fully saturated rings. The number of nitrogens with zero attached hydrogens (tertiary/aromatic N) is 3. The summed E-state index contributed by atoms with van der Waals surface area (Å²) in [5.74, 6) is 0.627. The molecule has 19 heteroatoms. The van der Waals surface area contributed by atoms with Gasteiger partial charge in [-0.2, -0.15) is 5.10 Å². The van der Waals surface area contributed by atoms with Crippen molar-refractivity contribution in [3.05, 3.63) is 75.9 Å². The predicted octanol–water partition coefficient (Wildman–Crippen LogP) is 8.24. The Morgan fingerprint density at radius 3 is 1.88 bits per heavy atom. The van der Waals surface area contributed by atoms with Gasteiger partial charge in [-0.15, -0.1) is 0 Å². The minimum absolute atomic E-state index is 0.0988. The van der Waals surface area contributed by atoms with Crippen LogP contribution in [0.5, 0.6) is 11.5 Å². The zero-order chi connectivity index (χ0) is 49.3. The highest BCUT2D eigenvalue weighted by molar-refractivity contribution is 6.34. The lowest BCUT2D eigenvalue weighted by Gasteiger charge is -2.31. The molecule has 2 heterocycles. The molecule has 372 valence electrons. The highest BCUT2D eigenvalue weighted by atomic mass is 35.5. The number of amides is 3. The van der Waals surface area contributed by atoms with Crippen LogP contribution in [-0.2, 0) is 44.6 Å². The molecule has 1 aromatic heterocycles. The topological polar surface area (TPSA) is 179 Å². The molecule has 0 spiro atoms. The molecule has 0 radical (unpaired) electrons. The minimum atomic E-state index is -0.535. The summed E-state index contributed by atoms with van der Waals surface area (Å²) in [4.78, 5) is 40.2. The Morgan fingerprint density at radius 1 is 0.750 bits per heavy atom. The van der Waals surface area contributed by atoms with Crippen molar-refractivity contribution in [2.24, 2.45) is 0 Å². The molecule has 3 aromatic carbocycles. The summed E-state index contributed by atoms with van der Waals surface area (Å²) in [6.45, 7) is 16.4. The monoisotopic (exact) mass is 985 g/mol. The molecule has 17 nitrogen and oxygen atoms in total. The molecule has 1 aliphatic rings. The van der Waals surface area contributed by atoms with Gasteiger partial charge in [0, 0.05) is 57.6 Å². The van der Waals surface area contributed by atoms with E-state index in [0.717, 1.165) is 11.1 Å². The summed E-state index contributed by atoms with van der Waals surface area (Å²) in [5, 5.41) is 11.3. The van der Waals surface area contributed by atoms with Gasteiger partial charge in [-0.05, 0) is 83.5 Å². The number of carbonyl (C=O) groups is 3. The highest BCUT2D eigenvalue weighted by Crippen LogP contribution is 2.46. The number of carbonyl (C=O) groups excluding carboxylic acids is 3. The first-order valence-corrected chi connectivity index (χ1v) is 23.3. The molecular formula is C49H65Cl2N5O12. The average molecular weight is 987 g/mol. The van der Waals surface area contributed by atoms with E-state index in [2.05, 4.69) is 10.6 Å². The van der Waals surface area contributed by atoms with Gasteiger partial charge in [0.25, 0.3) is 5.91 Å². The van der Waals surface area contributed by atoms with Gasteiger partial charge in [0.05, 0.1) is 104 Å². The number of rotatable bonds is 26. The van der Waals surface area contributed by atoms with E-state index in [9.17, 15) is 14.4 Å². The van der Waals surface area contributed by atoms with Crippen molar-refractivity contribution >= 4 is 46.8 Å². The lowest BCUT2D eigenvalue weighted by atomic mass is 9.95. The van der Waals surface area contributed by atoms with E-state index in [1.54, 1.807) is 41.9 Å². The minimum Gasteiger partial charge on any atom is -0.496 e. The normalized spacial score (nSPS) is 12.2. The Kier molecular flexibility index (Phi) is 20.7. The van der Waals surface area contributed by atoms with E-state index in [1.165, 1.54) is 0 Å². The molecule has 0 saturated heterocycles. The van der Waals surface area contributed by atoms with Gasteiger partial charge in [0.15, 0.2) is 5.69 Å². The number of ether oxygens (including phenoxy) is 9. The number of halogens is 2. The number of fused-ring (bicyclic) bond motifs is 3. The largest absolute Gasteiger partial charge is 0.496 e. The molecule has 2 N–H and O–H groups in total. The van der Waals surface area contributed by atoms with Crippen molar-refractivity contribution in [2.45, 2.75) is 65.7 Å². The van der Waals surface area contributed by atoms with E-state index in [-0.39, 0.29) is 37.1 Å². The maximum atomic E-state index is 14.0. The van der Waals surface area contributed by atoms with Gasteiger partial charge in [0.2, 0.25) is 5.91 Å². The molecule has 5 rings (SSSR count). The first-order chi connectivity index (χ1) is 32.4. The van der Waals surface area contributed by atoms with Crippen molar-refractivity contribution in [3.63, 3.8) is 0 Å². The van der Waals surface area contributed by atoms with E-state index >= 15 is 0 Å². The Bertz CT molecular complexity index is 2270. The van der Waals surface area contributed by atoms with Crippen LogP contribution in [0, 0.1) is 0 Å². The van der Waals surface area contributed by atoms with Crippen LogP contribution in [0.15, 0.2) is 54.6 Å². The number of anilines is 1. The molecule has 0 atom stereocenters. The quantitative estimate of drug-likeness (QED) is 0.0576. The van der Waals surface area contributed by atoms with Crippen molar-refractivity contribution < 1.29 is 57.0 Å². The lowest BCUT2D eigenvalue weighted by molar-refractivity contribution is -0.117. The number of hydrogen-bond donors (Lipinski definition) is 2. The van der Waals surface area contributed by atoms with Crippen molar-refractivity contribution in [2.75, 3.05) is 105 Å². The average Bonchev–Trinajstić information content (AvgIpc) is 3.68. The molecule has 0 aliphatic carbocycles. The smallest absolute Gasteiger partial charge is 0.407 e. The lowest BCUT2D eigenvalue weighted by Crippen LogP contribution is -2.43. The van der Waals surface area contributed by atoms with Crippen LogP contribution in [0.2, 0.25) is 10.0 Å². The second kappa shape index (κ2) is 26.1. The van der Waals surface area contributed by atoms with E-state index in [4.69, 9.17) is 70.9 Å². The zero-order valence-corrected chi connectivity index (χ0v) is 41.8. The highest BCUT2D eigenvalue weighted by Gasteiger charge is 2.35. The fraction of sp³-hybridized carbons (Fsp3) is 0.510. The summed E-state index contributed by atoms with van der Waals surface area (Å²) >= 11 is 12.9. The first-order valence-electron chi connectivity index (χ1n) is 22.5. The third-order valence-corrected chi connectivity index (χ3v) is 10.7. The summed E-state index contributed by atoms with van der Waals surface area (Å²) in [6.07, 6.45) is -0.325. The van der Waals surface area contributed by atoms with Crippen LogP contribution >= 0.6 is 23.2 Å². The Labute approximate surface area is 408 Å². The summed E-state index contributed by atoms with van der Waals surface area (Å²) in [5.41, 5.74) is 3.87. The third-order valence-electron chi connectivity index (χ3n) is 10.2. The zero-order valence-electron chi connectivity index (χ0n) is 40.3. The molecule has 0 bridgehead atoms. The van der Waals surface area contributed by atoms with E-state index < -0.39 is 17.2 Å². The van der Waals surface area contributed by atoms with Crippen molar-refractivity contribution in [1.29, 1.82) is 0 Å². The Hall–Kier alpha value is -4.98. The molecule has 3 amide bonds. The SMILES string of the molecule is COc1cc2c(cc1-c1cccc(NC(=O)CCOCCOCCOCCOCCOCCOCCNC(=O)OC(C)(C)C)c1)-c1c(c(C(=O)N(C)C(C)(C)C)nn1-c1cc(Cl)cc(Cl)c1)CO2. The fourth-order valence-corrected chi connectivity index (χ4v) is 7.17. The third kappa shape index (κ3) is 16.6. The van der Waals surface area contributed by atoms with E-state index in [0.29, 0.717) is 129 Å². The Morgan fingerprint density at radius 2 is 1.32 bits per heavy atom. The van der Waals surface area contributed by atoms with Crippen LogP contribution in [0.25, 0.3) is 28.1 Å². The van der Waals surface area contributed by atoms with Gasteiger partial charge >= 0.3 is 6.09 Å². The Balaban J connectivity index is 1.02. The maximum absolute atomic E-state index is 14.0. The summed E-state index contributed by atoms with van der Waals surface area (Å²) in [6, 6.07) is 16.3. The predicted molar refractivity (Wildman–Crippen MR) is 260 cm³/mol. The summed E-state index contributed by atoms with van der Waals surface area (Å²) in [7, 11) is 3.33. The molecule has 68 heavy (non-hydrogen) atoms. The molecule has 4 aromatic rings. The first kappa shape index (κ1) is 54.0. The fourth-order valence-electron chi connectivity index (χ4n) is 6.65. The van der Waals surface area contributed by atoms with Gasteiger partial charge in [0.1, 0.15) is 23.7 Å². The standard InChI is InChI=1S/C49H65Cl2N5O12/c1-48(2,3)55(7)46(58)44-40-32-67-42-31-41(60-8)38(30-39(42)45(40)56(54-44)37-28-34(50)27-35(51)29-37)33-10-9-11-36(26-33)53-43(57)12-14-61-16-18-63-20-22-65-24-25-66-23-21-64-19-17-62-15-13-52-47(59)68-49(4,5)6/h9-11,26-31H,12-25,32H2,1-8H3,(H,52,59)(H,53,57). The number of aromatic nitrogens is 2. The van der Waals surface area contributed by atoms with Crippen molar-refractivity contribution in [1.82, 2.24) is 20.0 Å². The van der Waals surface area contributed by atoms with Crippen molar-refractivity contribution in [3.8, 4) is 39.6 Å². The van der Waals surface area contributed by atoms with Gasteiger partial charge in [-0.25, -0.2) is 9.48 Å². The molecule has 1 aliphatic heterocycles. The molecule has 0 saturated carbocycles.